The van der Waals surface area contributed by atoms with E-state index >= 15 is 0 Å². The number of hydroxylamine groups is 1. The van der Waals surface area contributed by atoms with Gasteiger partial charge in [0.15, 0.2) is 6.61 Å². The second-order valence-electron chi connectivity index (χ2n) is 1.61. The number of hydrogen-bond acceptors (Lipinski definition) is 4. The van der Waals surface area contributed by atoms with E-state index in [1.165, 1.54) is 0 Å². The minimum absolute atomic E-state index is 0.988. The molecular formula is C4H4F3NO4. The number of hydrogen-bond donors (Lipinski definition) is 2. The molecule has 0 aliphatic rings. The van der Waals surface area contributed by atoms with Gasteiger partial charge >= 0.3 is 12.1 Å². The largest absolute Gasteiger partial charge is 0.490 e. The Balaban J connectivity index is 3.81. The lowest BCUT2D eigenvalue weighted by atomic mass is 10.6. The van der Waals surface area contributed by atoms with Crippen LogP contribution >= 0.6 is 0 Å². The molecule has 0 heterocycles. The third kappa shape index (κ3) is 3.76. The summed E-state index contributed by atoms with van der Waals surface area (Å²) in [7, 11) is 0. The maximum Gasteiger partial charge on any atom is 0.490 e. The predicted molar refractivity (Wildman–Crippen MR) is 26.9 cm³/mol. The molecule has 0 aromatic carbocycles. The highest BCUT2D eigenvalue weighted by molar-refractivity contribution is 5.81. The SMILES string of the molecule is O=C(COC(=O)C(F)(F)F)NO. The maximum atomic E-state index is 11.3. The van der Waals surface area contributed by atoms with Gasteiger partial charge in [-0.25, -0.2) is 10.3 Å². The van der Waals surface area contributed by atoms with Gasteiger partial charge in [-0.3, -0.25) is 10.0 Å². The van der Waals surface area contributed by atoms with Crippen LogP contribution < -0.4 is 5.48 Å². The number of nitrogens with one attached hydrogen (secondary N) is 1. The Morgan fingerprint density at radius 1 is 1.42 bits per heavy atom. The van der Waals surface area contributed by atoms with Crippen LogP contribution in [0.3, 0.4) is 0 Å². The molecule has 0 radical (unpaired) electrons. The first kappa shape index (κ1) is 10.7. The minimum Gasteiger partial charge on any atom is -0.449 e. The average molecular weight is 187 g/mol. The number of halogens is 3. The van der Waals surface area contributed by atoms with E-state index < -0.39 is 24.7 Å². The number of carbonyl (C=O) groups excluding carboxylic acids is 2. The third-order valence-electron chi connectivity index (χ3n) is 0.691. The molecule has 0 aliphatic carbocycles. The average Bonchev–Trinajstić information content (AvgIpc) is 1.97. The van der Waals surface area contributed by atoms with Crippen molar-refractivity contribution in [2.24, 2.45) is 0 Å². The van der Waals surface area contributed by atoms with Gasteiger partial charge in [0.2, 0.25) is 0 Å². The van der Waals surface area contributed by atoms with Crippen LogP contribution in [0, 0.1) is 0 Å². The lowest BCUT2D eigenvalue weighted by molar-refractivity contribution is -0.200. The van der Waals surface area contributed by atoms with Gasteiger partial charge in [-0.15, -0.1) is 0 Å². The molecule has 0 fully saturated rings. The number of amides is 1. The van der Waals surface area contributed by atoms with Crippen molar-refractivity contribution in [1.82, 2.24) is 5.48 Å². The summed E-state index contributed by atoms with van der Waals surface area (Å²) < 4.78 is 37.4. The molecule has 0 unspecified atom stereocenters. The zero-order valence-electron chi connectivity index (χ0n) is 5.51. The summed E-state index contributed by atoms with van der Waals surface area (Å²) in [6.45, 7) is -1.17. The van der Waals surface area contributed by atoms with Crippen molar-refractivity contribution in [3.8, 4) is 0 Å². The fourth-order valence-corrected chi connectivity index (χ4v) is 0.245. The molecule has 0 spiro atoms. The molecule has 1 amide bonds. The van der Waals surface area contributed by atoms with Crippen LogP contribution in [0.5, 0.6) is 0 Å². The van der Waals surface area contributed by atoms with Gasteiger partial charge < -0.3 is 4.74 Å². The molecule has 0 bridgehead atoms. The maximum absolute atomic E-state index is 11.3. The van der Waals surface area contributed by atoms with Crippen molar-refractivity contribution in [2.75, 3.05) is 6.61 Å². The van der Waals surface area contributed by atoms with Crippen LogP contribution in [-0.4, -0.2) is 29.9 Å². The van der Waals surface area contributed by atoms with Crippen molar-refractivity contribution in [3.63, 3.8) is 0 Å². The lowest BCUT2D eigenvalue weighted by Crippen LogP contribution is -2.31. The van der Waals surface area contributed by atoms with Gasteiger partial charge in [0.05, 0.1) is 0 Å². The van der Waals surface area contributed by atoms with E-state index in [2.05, 4.69) is 4.74 Å². The minimum atomic E-state index is -5.13. The van der Waals surface area contributed by atoms with Crippen LogP contribution in [0.4, 0.5) is 13.2 Å². The second kappa shape index (κ2) is 3.90. The first-order valence-electron chi connectivity index (χ1n) is 2.55. The van der Waals surface area contributed by atoms with E-state index in [-0.39, 0.29) is 0 Å². The quantitative estimate of drug-likeness (QED) is 0.350. The summed E-state index contributed by atoms with van der Waals surface area (Å²) in [6.07, 6.45) is -5.13. The molecule has 0 aliphatic heterocycles. The van der Waals surface area contributed by atoms with Gasteiger partial charge in [-0.05, 0) is 0 Å². The van der Waals surface area contributed by atoms with Gasteiger partial charge in [-0.2, -0.15) is 13.2 Å². The van der Waals surface area contributed by atoms with E-state index in [1.807, 2.05) is 0 Å². The highest BCUT2D eigenvalue weighted by Crippen LogP contribution is 2.15. The molecule has 12 heavy (non-hydrogen) atoms. The van der Waals surface area contributed by atoms with Crippen molar-refractivity contribution in [3.05, 3.63) is 0 Å². The summed E-state index contributed by atoms with van der Waals surface area (Å²) in [4.78, 5) is 19.9. The van der Waals surface area contributed by atoms with Crippen LogP contribution in [0.15, 0.2) is 0 Å². The first-order valence-corrected chi connectivity index (χ1v) is 2.55. The second-order valence-corrected chi connectivity index (χ2v) is 1.61. The molecule has 0 saturated heterocycles. The fraction of sp³-hybridized carbons (Fsp3) is 0.500. The van der Waals surface area contributed by atoms with Crippen LogP contribution in [-0.2, 0) is 14.3 Å². The topological polar surface area (TPSA) is 75.6 Å². The van der Waals surface area contributed by atoms with Gasteiger partial charge in [-0.1, -0.05) is 0 Å². The summed E-state index contributed by atoms with van der Waals surface area (Å²) in [5.74, 6) is -3.72. The number of esters is 1. The zero-order valence-corrected chi connectivity index (χ0v) is 5.51. The van der Waals surface area contributed by atoms with Gasteiger partial charge in [0.1, 0.15) is 0 Å². The highest BCUT2D eigenvalue weighted by Gasteiger charge is 2.41. The Bertz CT molecular complexity index is 189. The molecule has 2 N–H and O–H groups in total. The Morgan fingerprint density at radius 3 is 2.25 bits per heavy atom. The molecule has 0 aromatic heterocycles. The Morgan fingerprint density at radius 2 is 1.92 bits per heavy atom. The Labute approximate surface area is 64.1 Å². The summed E-state index contributed by atoms with van der Waals surface area (Å²) in [6, 6.07) is 0. The van der Waals surface area contributed by atoms with Crippen LogP contribution in [0.25, 0.3) is 0 Å². The van der Waals surface area contributed by atoms with Crippen molar-refractivity contribution in [1.29, 1.82) is 0 Å². The normalized spacial score (nSPS) is 10.7. The molecule has 0 aromatic rings. The summed E-state index contributed by atoms with van der Waals surface area (Å²) in [5.41, 5.74) is 0.988. The van der Waals surface area contributed by atoms with Crippen LogP contribution in [0.1, 0.15) is 0 Å². The van der Waals surface area contributed by atoms with E-state index in [4.69, 9.17) is 5.21 Å². The molecule has 0 rings (SSSR count). The molecule has 8 heteroatoms. The zero-order chi connectivity index (χ0) is 9.78. The van der Waals surface area contributed by atoms with E-state index in [1.54, 1.807) is 0 Å². The molecular weight excluding hydrogens is 183 g/mol. The fourth-order valence-electron chi connectivity index (χ4n) is 0.245. The van der Waals surface area contributed by atoms with Crippen molar-refractivity contribution in [2.45, 2.75) is 6.18 Å². The highest BCUT2D eigenvalue weighted by atomic mass is 19.4. The lowest BCUT2D eigenvalue weighted by Gasteiger charge is -2.04. The van der Waals surface area contributed by atoms with Crippen LogP contribution in [0.2, 0.25) is 0 Å². The van der Waals surface area contributed by atoms with Gasteiger partial charge in [0.25, 0.3) is 5.91 Å². The molecule has 5 nitrogen and oxygen atoms in total. The standard InChI is InChI=1S/C4H4F3NO4/c5-4(6,7)3(10)12-1-2(9)8-11/h11H,1H2,(H,8,9). The first-order chi connectivity index (χ1) is 5.38. The van der Waals surface area contributed by atoms with Gasteiger partial charge in [0, 0.05) is 0 Å². The predicted octanol–water partition coefficient (Wildman–Crippen LogP) is -0.403. The number of carbonyl (C=O) groups is 2. The van der Waals surface area contributed by atoms with E-state index in [0.717, 1.165) is 5.48 Å². The number of alkyl halides is 3. The smallest absolute Gasteiger partial charge is 0.449 e. The van der Waals surface area contributed by atoms with E-state index in [0.29, 0.717) is 0 Å². The molecule has 0 atom stereocenters. The van der Waals surface area contributed by atoms with Crippen molar-refractivity contribution >= 4 is 11.9 Å². The summed E-state index contributed by atoms with van der Waals surface area (Å²) in [5, 5.41) is 7.78. The molecule has 0 saturated carbocycles. The Hall–Kier alpha value is -1.31. The molecule has 70 valence electrons. The number of ether oxygens (including phenoxy) is 1. The Kier molecular flexibility index (Phi) is 3.48. The van der Waals surface area contributed by atoms with Crippen molar-refractivity contribution < 1.29 is 32.7 Å². The number of rotatable bonds is 2. The monoisotopic (exact) mass is 187 g/mol. The summed E-state index contributed by atoms with van der Waals surface area (Å²) >= 11 is 0. The van der Waals surface area contributed by atoms with E-state index in [9.17, 15) is 22.8 Å². The third-order valence-corrected chi connectivity index (χ3v) is 0.691.